The van der Waals surface area contributed by atoms with Gasteiger partial charge in [-0.25, -0.2) is 4.79 Å². The van der Waals surface area contributed by atoms with Crippen molar-refractivity contribution >= 4 is 17.8 Å². The lowest BCUT2D eigenvalue weighted by Crippen LogP contribution is -2.66. The van der Waals surface area contributed by atoms with Crippen molar-refractivity contribution in [3.05, 3.63) is 35.9 Å². The van der Waals surface area contributed by atoms with Crippen LogP contribution < -0.4 is 5.32 Å². The van der Waals surface area contributed by atoms with Gasteiger partial charge < -0.3 is 9.84 Å². The molecular weight excluding hydrogens is 336 g/mol. The van der Waals surface area contributed by atoms with Gasteiger partial charge in [0.2, 0.25) is 5.91 Å². The Hall–Kier alpha value is -2.25. The van der Waals surface area contributed by atoms with E-state index in [9.17, 15) is 19.5 Å². The largest absolute Gasteiger partial charge is 0.389 e. The molecule has 1 aliphatic rings. The van der Waals surface area contributed by atoms with Crippen molar-refractivity contribution in [3.63, 3.8) is 0 Å². The van der Waals surface area contributed by atoms with E-state index in [-0.39, 0.29) is 19.6 Å². The molecule has 2 unspecified atom stereocenters. The molecule has 26 heavy (non-hydrogen) atoms. The van der Waals surface area contributed by atoms with Gasteiger partial charge in [-0.3, -0.25) is 19.8 Å². The van der Waals surface area contributed by atoms with Crippen LogP contribution >= 0.6 is 0 Å². The third-order valence-electron chi connectivity index (χ3n) is 4.42. The second-order valence-corrected chi connectivity index (χ2v) is 6.89. The Bertz CT molecular complexity index is 661. The highest BCUT2D eigenvalue weighted by atomic mass is 16.5. The average Bonchev–Trinajstić information content (AvgIpc) is 2.60. The summed E-state index contributed by atoms with van der Waals surface area (Å²) < 4.78 is 5.37. The summed E-state index contributed by atoms with van der Waals surface area (Å²) >= 11 is 0. The fourth-order valence-electron chi connectivity index (χ4n) is 3.05. The van der Waals surface area contributed by atoms with Gasteiger partial charge in [-0.15, -0.1) is 0 Å². The topological polar surface area (TPSA) is 95.9 Å². The van der Waals surface area contributed by atoms with Crippen molar-refractivity contribution in [2.24, 2.45) is 5.92 Å². The minimum absolute atomic E-state index is 0.00759. The number of ether oxygens (including phenoxy) is 1. The van der Waals surface area contributed by atoms with Crippen molar-refractivity contribution in [3.8, 4) is 0 Å². The van der Waals surface area contributed by atoms with Crippen molar-refractivity contribution in [1.29, 1.82) is 0 Å². The molecule has 0 radical (unpaired) electrons. The van der Waals surface area contributed by atoms with E-state index in [4.69, 9.17) is 4.74 Å². The SMILES string of the molecule is CCC1(c2ccccc2)C(=O)NC(=O)N(CC(O)COCC(C)C)C1=O. The third kappa shape index (κ3) is 3.94. The van der Waals surface area contributed by atoms with Crippen LogP contribution in [-0.2, 0) is 19.7 Å². The fourth-order valence-corrected chi connectivity index (χ4v) is 3.05. The van der Waals surface area contributed by atoms with E-state index < -0.39 is 29.4 Å². The van der Waals surface area contributed by atoms with Crippen LogP contribution in [-0.4, -0.2) is 53.7 Å². The molecule has 0 aliphatic carbocycles. The number of aliphatic hydroxyl groups excluding tert-OH is 1. The standard InChI is InChI=1S/C19H26N2O5/c1-4-19(14-8-6-5-7-9-14)16(23)20-18(25)21(17(19)24)10-15(22)12-26-11-13(2)3/h5-9,13,15,22H,4,10-12H2,1-3H3,(H,20,23,25). The smallest absolute Gasteiger partial charge is 0.330 e. The van der Waals surface area contributed by atoms with Gasteiger partial charge in [0, 0.05) is 6.61 Å². The molecule has 2 N–H and O–H groups in total. The first-order valence-corrected chi connectivity index (χ1v) is 8.81. The monoisotopic (exact) mass is 362 g/mol. The number of urea groups is 1. The number of carbonyl (C=O) groups excluding carboxylic acids is 3. The Morgan fingerprint density at radius 2 is 1.81 bits per heavy atom. The first kappa shape index (κ1) is 20.1. The summed E-state index contributed by atoms with van der Waals surface area (Å²) in [4.78, 5) is 38.8. The number of barbiturate groups is 1. The summed E-state index contributed by atoms with van der Waals surface area (Å²) in [6, 6.07) is 7.83. The van der Waals surface area contributed by atoms with Gasteiger partial charge >= 0.3 is 6.03 Å². The predicted molar refractivity (Wildman–Crippen MR) is 95.3 cm³/mol. The summed E-state index contributed by atoms with van der Waals surface area (Å²) in [5, 5.41) is 12.4. The zero-order valence-electron chi connectivity index (χ0n) is 15.4. The molecule has 0 spiro atoms. The van der Waals surface area contributed by atoms with E-state index in [0.717, 1.165) is 4.90 Å². The van der Waals surface area contributed by atoms with Crippen molar-refractivity contribution < 1.29 is 24.2 Å². The summed E-state index contributed by atoms with van der Waals surface area (Å²) in [5.74, 6) is -0.948. The maximum absolute atomic E-state index is 13.1. The Morgan fingerprint density at radius 1 is 1.15 bits per heavy atom. The van der Waals surface area contributed by atoms with Crippen LogP contribution in [0.5, 0.6) is 0 Å². The molecule has 0 aromatic heterocycles. The van der Waals surface area contributed by atoms with Crippen molar-refractivity contribution in [2.75, 3.05) is 19.8 Å². The lowest BCUT2D eigenvalue weighted by Gasteiger charge is -2.39. The quantitative estimate of drug-likeness (QED) is 0.683. The van der Waals surface area contributed by atoms with Gasteiger partial charge in [0.15, 0.2) is 5.41 Å². The van der Waals surface area contributed by atoms with Gasteiger partial charge in [-0.1, -0.05) is 51.1 Å². The van der Waals surface area contributed by atoms with Crippen LogP contribution in [0.25, 0.3) is 0 Å². The second-order valence-electron chi connectivity index (χ2n) is 6.89. The summed E-state index contributed by atoms with van der Waals surface area (Å²) in [5.41, 5.74) is -0.957. The predicted octanol–water partition coefficient (Wildman–Crippen LogP) is 1.45. The van der Waals surface area contributed by atoms with Crippen molar-refractivity contribution in [1.82, 2.24) is 10.2 Å². The summed E-state index contributed by atoms with van der Waals surface area (Å²) in [6.45, 7) is 5.93. The molecule has 1 saturated heterocycles. The van der Waals surface area contributed by atoms with E-state index in [2.05, 4.69) is 5.32 Å². The van der Waals surface area contributed by atoms with Gasteiger partial charge in [0.05, 0.1) is 19.3 Å². The molecule has 1 aliphatic heterocycles. The Morgan fingerprint density at radius 3 is 2.38 bits per heavy atom. The Balaban J connectivity index is 2.21. The third-order valence-corrected chi connectivity index (χ3v) is 4.42. The lowest BCUT2D eigenvalue weighted by molar-refractivity contribution is -0.146. The Labute approximate surface area is 153 Å². The van der Waals surface area contributed by atoms with E-state index in [0.29, 0.717) is 18.1 Å². The van der Waals surface area contributed by atoms with Crippen LogP contribution in [0.15, 0.2) is 30.3 Å². The molecule has 0 saturated carbocycles. The highest BCUT2D eigenvalue weighted by molar-refractivity contribution is 6.22. The molecule has 4 amide bonds. The van der Waals surface area contributed by atoms with Crippen LogP contribution in [0, 0.1) is 5.92 Å². The maximum Gasteiger partial charge on any atom is 0.330 e. The van der Waals surface area contributed by atoms with Crippen LogP contribution in [0.1, 0.15) is 32.8 Å². The van der Waals surface area contributed by atoms with Gasteiger partial charge in [-0.2, -0.15) is 0 Å². The molecule has 1 aromatic rings. The van der Waals surface area contributed by atoms with Crippen LogP contribution in [0.2, 0.25) is 0 Å². The molecule has 7 nitrogen and oxygen atoms in total. The first-order valence-electron chi connectivity index (χ1n) is 8.81. The second kappa shape index (κ2) is 8.42. The zero-order valence-corrected chi connectivity index (χ0v) is 15.4. The van der Waals surface area contributed by atoms with E-state index in [1.54, 1.807) is 37.3 Å². The van der Waals surface area contributed by atoms with Gasteiger partial charge in [-0.05, 0) is 17.9 Å². The number of carbonyl (C=O) groups is 3. The molecule has 2 rings (SSSR count). The summed E-state index contributed by atoms with van der Waals surface area (Å²) in [6.07, 6.45) is -0.826. The zero-order chi connectivity index (χ0) is 19.3. The highest BCUT2D eigenvalue weighted by Crippen LogP contribution is 2.33. The minimum atomic E-state index is -1.48. The number of nitrogens with one attached hydrogen (secondary N) is 1. The molecule has 1 aromatic carbocycles. The number of imide groups is 2. The van der Waals surface area contributed by atoms with Gasteiger partial charge in [0.1, 0.15) is 0 Å². The number of β-amino-alcohol motifs (C(OH)–C–C–N with tert-alkyl or cyclic N) is 1. The normalized spacial score (nSPS) is 21.9. The first-order chi connectivity index (χ1) is 12.3. The van der Waals surface area contributed by atoms with Crippen LogP contribution in [0.4, 0.5) is 4.79 Å². The fraction of sp³-hybridized carbons (Fsp3) is 0.526. The lowest BCUT2D eigenvalue weighted by atomic mass is 9.74. The van der Waals surface area contributed by atoms with E-state index in [1.165, 1.54) is 0 Å². The number of aliphatic hydroxyl groups is 1. The molecule has 7 heteroatoms. The number of rotatable bonds is 8. The van der Waals surface area contributed by atoms with E-state index in [1.807, 2.05) is 13.8 Å². The molecular formula is C19H26N2O5. The molecule has 1 fully saturated rings. The average molecular weight is 362 g/mol. The number of hydrogen-bond donors (Lipinski definition) is 2. The number of amides is 4. The van der Waals surface area contributed by atoms with Crippen molar-refractivity contribution in [2.45, 2.75) is 38.7 Å². The maximum atomic E-state index is 13.1. The molecule has 0 bridgehead atoms. The Kier molecular flexibility index (Phi) is 6.50. The highest BCUT2D eigenvalue weighted by Gasteiger charge is 2.54. The number of benzene rings is 1. The minimum Gasteiger partial charge on any atom is -0.389 e. The van der Waals surface area contributed by atoms with Crippen LogP contribution in [0.3, 0.4) is 0 Å². The number of nitrogens with zero attached hydrogens (tertiary/aromatic N) is 1. The number of hydrogen-bond acceptors (Lipinski definition) is 5. The molecule has 1 heterocycles. The van der Waals surface area contributed by atoms with E-state index >= 15 is 0 Å². The molecule has 142 valence electrons. The molecule has 2 atom stereocenters. The van der Waals surface area contributed by atoms with Gasteiger partial charge in [0.25, 0.3) is 5.91 Å². The summed E-state index contributed by atoms with van der Waals surface area (Å²) in [7, 11) is 0.